The molecule has 4 aliphatic rings. The first-order valence-electron chi connectivity index (χ1n) is 12.9. The van der Waals surface area contributed by atoms with Gasteiger partial charge in [-0.1, -0.05) is 64.6 Å². The van der Waals surface area contributed by atoms with Crippen molar-refractivity contribution < 1.29 is 22.8 Å². The number of halogens is 4. The molecule has 0 saturated carbocycles. The summed E-state index contributed by atoms with van der Waals surface area (Å²) in [6.07, 6.45) is 0.176. The van der Waals surface area contributed by atoms with Gasteiger partial charge in [-0.3, -0.25) is 19.3 Å². The zero-order valence-corrected chi connectivity index (χ0v) is 25.2. The average molecular weight is 666 g/mol. The highest BCUT2D eigenvalue weighted by Crippen LogP contribution is 2.62. The summed E-state index contributed by atoms with van der Waals surface area (Å²) in [7, 11) is -3.92. The number of hydrogen-bond acceptors (Lipinski definition) is 6. The number of anilines is 2. The van der Waals surface area contributed by atoms with Crippen LogP contribution < -0.4 is 14.9 Å². The first-order chi connectivity index (χ1) is 19.9. The van der Waals surface area contributed by atoms with Crippen LogP contribution in [0.1, 0.15) is 12.0 Å². The monoisotopic (exact) mass is 664 g/mol. The summed E-state index contributed by atoms with van der Waals surface area (Å²) in [6, 6.07) is 14.0. The van der Waals surface area contributed by atoms with E-state index in [1.807, 2.05) is 0 Å². The van der Waals surface area contributed by atoms with Gasteiger partial charge in [0.05, 0.1) is 33.1 Å². The Morgan fingerprint density at radius 1 is 0.881 bits per heavy atom. The van der Waals surface area contributed by atoms with Gasteiger partial charge in [0.25, 0.3) is 5.91 Å². The molecule has 7 rings (SSSR count). The van der Waals surface area contributed by atoms with E-state index >= 15 is 0 Å². The molecule has 9 nitrogen and oxygen atoms in total. The van der Waals surface area contributed by atoms with Crippen LogP contribution in [0.2, 0.25) is 20.1 Å². The summed E-state index contributed by atoms with van der Waals surface area (Å²) in [4.78, 5) is 45.4. The van der Waals surface area contributed by atoms with E-state index in [4.69, 9.17) is 46.4 Å². The quantitative estimate of drug-likeness (QED) is 0.391. The van der Waals surface area contributed by atoms with Crippen LogP contribution in [0.5, 0.6) is 0 Å². The highest BCUT2D eigenvalue weighted by Gasteiger charge is 2.75. The molecular weight excluding hydrogens is 646 g/mol. The summed E-state index contributed by atoms with van der Waals surface area (Å²) in [5.41, 5.74) is -0.833. The van der Waals surface area contributed by atoms with Crippen LogP contribution in [0.4, 0.5) is 11.4 Å². The molecule has 3 saturated heterocycles. The number of fused-ring (bicyclic) bond motifs is 7. The number of sulfonamides is 1. The number of carbonyl (C=O) groups excluding carboxylic acids is 3. The predicted octanol–water partition coefficient (Wildman–Crippen LogP) is 4.69. The third kappa shape index (κ3) is 3.90. The summed E-state index contributed by atoms with van der Waals surface area (Å²) in [5, 5.41) is 3.69. The van der Waals surface area contributed by atoms with Crippen LogP contribution in [-0.4, -0.2) is 49.7 Å². The number of rotatable bonds is 4. The number of amides is 3. The Morgan fingerprint density at radius 2 is 1.55 bits per heavy atom. The Kier molecular flexibility index (Phi) is 6.46. The van der Waals surface area contributed by atoms with Gasteiger partial charge in [0.2, 0.25) is 21.8 Å². The van der Waals surface area contributed by atoms with Crippen LogP contribution in [0.25, 0.3) is 0 Å². The van der Waals surface area contributed by atoms with Crippen molar-refractivity contribution in [1.82, 2.24) is 9.62 Å². The molecule has 216 valence electrons. The van der Waals surface area contributed by atoms with Crippen molar-refractivity contribution in [1.29, 1.82) is 0 Å². The largest absolute Gasteiger partial charge is 0.323 e. The standard InChI is InChI=1S/C28H20Cl4N4O5S/c29-13-6-14(30)8-17(7-13)36-25(37)22-21-11-16(34-42(40,41)18-4-2-1-3-5-18)12-35(21)28(23(22)26(36)38)19-9-15(31)10-20(32)24(19)33-27(28)39/h1-10,16,21-23,34H,11-12H2,(H,33,39). The topological polar surface area (TPSA) is 116 Å². The Bertz CT molecular complexity index is 1800. The van der Waals surface area contributed by atoms with Crippen molar-refractivity contribution in [2.75, 3.05) is 16.8 Å². The minimum Gasteiger partial charge on any atom is -0.323 e. The van der Waals surface area contributed by atoms with E-state index in [2.05, 4.69) is 10.0 Å². The van der Waals surface area contributed by atoms with Crippen LogP contribution in [0.3, 0.4) is 0 Å². The van der Waals surface area contributed by atoms with E-state index in [1.54, 1.807) is 29.2 Å². The lowest BCUT2D eigenvalue weighted by Gasteiger charge is -2.37. The van der Waals surface area contributed by atoms with Gasteiger partial charge >= 0.3 is 0 Å². The van der Waals surface area contributed by atoms with Gasteiger partial charge in [0, 0.05) is 39.3 Å². The van der Waals surface area contributed by atoms with Crippen molar-refractivity contribution in [3.63, 3.8) is 0 Å². The summed E-state index contributed by atoms with van der Waals surface area (Å²) in [5.74, 6) is -3.79. The first kappa shape index (κ1) is 28.1. The van der Waals surface area contributed by atoms with Gasteiger partial charge in [-0.25, -0.2) is 18.0 Å². The molecule has 5 atom stereocenters. The normalized spacial score (nSPS) is 28.4. The van der Waals surface area contributed by atoms with Crippen molar-refractivity contribution in [3.05, 3.63) is 86.3 Å². The second-order valence-electron chi connectivity index (χ2n) is 10.8. The number of carbonyl (C=O) groups is 3. The molecule has 0 radical (unpaired) electrons. The minimum absolute atomic E-state index is 0.0598. The van der Waals surface area contributed by atoms with Crippen molar-refractivity contribution in [2.24, 2.45) is 11.8 Å². The second kappa shape index (κ2) is 9.65. The fourth-order valence-corrected chi connectivity index (χ4v) is 9.45. The molecule has 3 aromatic carbocycles. The van der Waals surface area contributed by atoms with E-state index in [0.29, 0.717) is 11.3 Å². The van der Waals surface area contributed by atoms with E-state index in [9.17, 15) is 22.8 Å². The van der Waals surface area contributed by atoms with E-state index in [1.165, 1.54) is 36.4 Å². The van der Waals surface area contributed by atoms with Gasteiger partial charge in [0.1, 0.15) is 5.54 Å². The Morgan fingerprint density at radius 3 is 2.24 bits per heavy atom. The van der Waals surface area contributed by atoms with Crippen molar-refractivity contribution in [3.8, 4) is 0 Å². The smallest absolute Gasteiger partial charge is 0.250 e. The van der Waals surface area contributed by atoms with Gasteiger partial charge in [0.15, 0.2) is 0 Å². The summed E-state index contributed by atoms with van der Waals surface area (Å²) < 4.78 is 29.2. The zero-order valence-electron chi connectivity index (χ0n) is 21.4. The molecule has 5 unspecified atom stereocenters. The highest BCUT2D eigenvalue weighted by atomic mass is 35.5. The van der Waals surface area contributed by atoms with Crippen LogP contribution in [-0.2, 0) is 29.9 Å². The SMILES string of the molecule is O=C1C2C3CC(NS(=O)(=O)c4ccccc4)CN3C3(C(=O)Nc4c(Cl)cc(Cl)cc43)C2C(=O)N1c1cc(Cl)cc(Cl)c1. The summed E-state index contributed by atoms with van der Waals surface area (Å²) in [6.45, 7) is 0.0598. The van der Waals surface area contributed by atoms with Gasteiger partial charge in [-0.15, -0.1) is 0 Å². The van der Waals surface area contributed by atoms with Gasteiger partial charge < -0.3 is 5.32 Å². The molecule has 42 heavy (non-hydrogen) atoms. The molecule has 14 heteroatoms. The molecule has 1 spiro atoms. The lowest BCUT2D eigenvalue weighted by molar-refractivity contribution is -0.135. The Labute approximate surface area is 260 Å². The summed E-state index contributed by atoms with van der Waals surface area (Å²) >= 11 is 25.3. The van der Waals surface area contributed by atoms with Crippen LogP contribution >= 0.6 is 46.4 Å². The number of imide groups is 1. The van der Waals surface area contributed by atoms with E-state index < -0.39 is 57.2 Å². The Hall–Kier alpha value is -2.70. The predicted molar refractivity (Wildman–Crippen MR) is 158 cm³/mol. The van der Waals surface area contributed by atoms with E-state index in [0.717, 1.165) is 4.90 Å². The average Bonchev–Trinajstić information content (AvgIpc) is 3.60. The third-order valence-electron chi connectivity index (χ3n) is 8.54. The molecule has 2 N–H and O–H groups in total. The van der Waals surface area contributed by atoms with Gasteiger partial charge in [-0.05, 0) is 48.9 Å². The van der Waals surface area contributed by atoms with E-state index in [-0.39, 0.29) is 43.6 Å². The van der Waals surface area contributed by atoms with Crippen molar-refractivity contribution in [2.45, 2.75) is 28.9 Å². The third-order valence-corrected chi connectivity index (χ3v) is 11.0. The van der Waals surface area contributed by atoms with Crippen LogP contribution in [0, 0.1) is 11.8 Å². The molecule has 4 aliphatic heterocycles. The lowest BCUT2D eigenvalue weighted by atomic mass is 9.75. The fraction of sp³-hybridized carbons (Fsp3) is 0.250. The minimum atomic E-state index is -3.92. The molecule has 3 aromatic rings. The molecule has 3 amide bonds. The molecule has 0 aromatic heterocycles. The molecule has 0 bridgehead atoms. The highest BCUT2D eigenvalue weighted by molar-refractivity contribution is 7.89. The van der Waals surface area contributed by atoms with Gasteiger partial charge in [-0.2, -0.15) is 0 Å². The maximum atomic E-state index is 14.3. The molecular formula is C28H20Cl4N4O5S. The zero-order chi connectivity index (χ0) is 29.7. The lowest BCUT2D eigenvalue weighted by Crippen LogP contribution is -2.55. The first-order valence-corrected chi connectivity index (χ1v) is 15.9. The number of nitrogens with zero attached hydrogens (tertiary/aromatic N) is 2. The fourth-order valence-electron chi connectivity index (χ4n) is 7.13. The second-order valence-corrected chi connectivity index (χ2v) is 14.2. The van der Waals surface area contributed by atoms with Crippen molar-refractivity contribution >= 4 is 85.5 Å². The molecule has 4 heterocycles. The molecule has 3 fully saturated rings. The number of hydrogen-bond donors (Lipinski definition) is 2. The maximum Gasteiger partial charge on any atom is 0.250 e. The molecule has 0 aliphatic carbocycles. The maximum absolute atomic E-state index is 14.3. The van der Waals surface area contributed by atoms with Crippen LogP contribution in [0.15, 0.2) is 65.6 Å². The number of benzene rings is 3. The number of nitrogens with one attached hydrogen (secondary N) is 2. The Balaban J connectivity index is 1.36.